The fourth-order valence-corrected chi connectivity index (χ4v) is 4.55. The SMILES string of the molecule is Cc1ccc([C@H](NC(=O)CN2CCC[C@@H](C)[C@@H]2CO)c2cccs2)cc1. The Kier molecular flexibility index (Phi) is 6.46. The highest BCUT2D eigenvalue weighted by molar-refractivity contribution is 7.10. The standard InChI is InChI=1S/C21H28N2O2S/c1-15-7-9-17(10-8-15)21(19-6-4-12-26-19)22-20(25)13-23-11-3-5-16(2)18(23)14-24/h4,6-10,12,16,18,21,24H,3,5,11,13-14H2,1-2H3,(H,22,25)/t16-,18+,21+/m1/s1. The summed E-state index contributed by atoms with van der Waals surface area (Å²) >= 11 is 1.66. The number of carbonyl (C=O) groups excluding carboxylic acids is 1. The van der Waals surface area contributed by atoms with Gasteiger partial charge in [0.1, 0.15) is 0 Å². The minimum Gasteiger partial charge on any atom is -0.395 e. The third kappa shape index (κ3) is 4.53. The predicted molar refractivity (Wildman–Crippen MR) is 106 cm³/mol. The highest BCUT2D eigenvalue weighted by Gasteiger charge is 2.29. The fourth-order valence-electron chi connectivity index (χ4n) is 3.75. The molecule has 2 heterocycles. The smallest absolute Gasteiger partial charge is 0.234 e. The summed E-state index contributed by atoms with van der Waals surface area (Å²) in [6.45, 7) is 5.54. The number of nitrogens with zero attached hydrogens (tertiary/aromatic N) is 1. The molecule has 4 nitrogen and oxygen atoms in total. The number of hydrogen-bond acceptors (Lipinski definition) is 4. The van der Waals surface area contributed by atoms with E-state index in [1.54, 1.807) is 11.3 Å². The van der Waals surface area contributed by atoms with Gasteiger partial charge in [0.05, 0.1) is 19.2 Å². The van der Waals surface area contributed by atoms with E-state index in [1.807, 2.05) is 11.4 Å². The molecule has 1 aliphatic rings. The molecule has 1 aliphatic heterocycles. The molecule has 2 aromatic rings. The Morgan fingerprint density at radius 1 is 1.35 bits per heavy atom. The van der Waals surface area contributed by atoms with Crippen LogP contribution in [0.2, 0.25) is 0 Å². The van der Waals surface area contributed by atoms with E-state index in [-0.39, 0.29) is 24.6 Å². The molecule has 140 valence electrons. The minimum atomic E-state index is -0.127. The summed E-state index contributed by atoms with van der Waals surface area (Å²) < 4.78 is 0. The highest BCUT2D eigenvalue weighted by Crippen LogP contribution is 2.27. The summed E-state index contributed by atoms with van der Waals surface area (Å²) in [6.07, 6.45) is 2.20. The lowest BCUT2D eigenvalue weighted by Gasteiger charge is -2.38. The number of benzene rings is 1. The van der Waals surface area contributed by atoms with Gasteiger partial charge in [0.2, 0.25) is 5.91 Å². The summed E-state index contributed by atoms with van der Waals surface area (Å²) in [6, 6.07) is 12.4. The zero-order valence-electron chi connectivity index (χ0n) is 15.5. The zero-order chi connectivity index (χ0) is 18.5. The summed E-state index contributed by atoms with van der Waals surface area (Å²) in [5, 5.41) is 15.0. The van der Waals surface area contributed by atoms with E-state index in [4.69, 9.17) is 0 Å². The molecule has 0 aliphatic carbocycles. The number of nitrogens with one attached hydrogen (secondary N) is 1. The number of thiophene rings is 1. The van der Waals surface area contributed by atoms with Crippen LogP contribution in [-0.2, 0) is 4.79 Å². The fraction of sp³-hybridized carbons (Fsp3) is 0.476. The van der Waals surface area contributed by atoms with E-state index in [0.29, 0.717) is 12.5 Å². The molecule has 3 atom stereocenters. The third-order valence-corrected chi connectivity index (χ3v) is 6.25. The topological polar surface area (TPSA) is 52.6 Å². The Morgan fingerprint density at radius 3 is 2.77 bits per heavy atom. The minimum absolute atomic E-state index is 0.0107. The molecule has 2 N–H and O–H groups in total. The number of amides is 1. The molecule has 3 rings (SSSR count). The van der Waals surface area contributed by atoms with Crippen LogP contribution in [0.3, 0.4) is 0 Å². The van der Waals surface area contributed by atoms with Crippen molar-refractivity contribution in [1.82, 2.24) is 10.2 Å². The average molecular weight is 373 g/mol. The zero-order valence-corrected chi connectivity index (χ0v) is 16.3. The Hall–Kier alpha value is -1.69. The molecule has 1 aromatic heterocycles. The Morgan fingerprint density at radius 2 is 2.12 bits per heavy atom. The number of carbonyl (C=O) groups is 1. The van der Waals surface area contributed by atoms with Gasteiger partial charge in [-0.1, -0.05) is 42.8 Å². The first-order chi connectivity index (χ1) is 12.6. The molecule has 0 spiro atoms. The van der Waals surface area contributed by atoms with Crippen LogP contribution in [0.25, 0.3) is 0 Å². The molecular formula is C21H28N2O2S. The average Bonchev–Trinajstić information content (AvgIpc) is 3.15. The monoisotopic (exact) mass is 372 g/mol. The summed E-state index contributed by atoms with van der Waals surface area (Å²) in [5.41, 5.74) is 2.30. The largest absolute Gasteiger partial charge is 0.395 e. The Labute approximate surface area is 159 Å². The van der Waals surface area contributed by atoms with Crippen LogP contribution < -0.4 is 5.32 Å². The summed E-state index contributed by atoms with van der Waals surface area (Å²) in [5.74, 6) is 0.434. The van der Waals surface area contributed by atoms with Gasteiger partial charge in [-0.05, 0) is 49.2 Å². The first-order valence-electron chi connectivity index (χ1n) is 9.32. The van der Waals surface area contributed by atoms with Gasteiger partial charge in [-0.2, -0.15) is 0 Å². The molecule has 0 bridgehead atoms. The molecule has 1 saturated heterocycles. The van der Waals surface area contributed by atoms with Crippen molar-refractivity contribution in [3.8, 4) is 0 Å². The maximum Gasteiger partial charge on any atom is 0.234 e. The van der Waals surface area contributed by atoms with Crippen molar-refractivity contribution in [1.29, 1.82) is 0 Å². The first-order valence-corrected chi connectivity index (χ1v) is 10.2. The highest BCUT2D eigenvalue weighted by atomic mass is 32.1. The van der Waals surface area contributed by atoms with Crippen LogP contribution in [-0.4, -0.2) is 41.7 Å². The molecule has 0 unspecified atom stereocenters. The van der Waals surface area contributed by atoms with E-state index in [9.17, 15) is 9.90 Å². The van der Waals surface area contributed by atoms with Crippen LogP contribution in [0.15, 0.2) is 41.8 Å². The van der Waals surface area contributed by atoms with Crippen LogP contribution in [0.5, 0.6) is 0 Å². The molecule has 0 saturated carbocycles. The van der Waals surface area contributed by atoms with E-state index < -0.39 is 0 Å². The number of likely N-dealkylation sites (tertiary alicyclic amines) is 1. The number of rotatable bonds is 6. The molecular weight excluding hydrogens is 344 g/mol. The number of piperidine rings is 1. The molecule has 0 radical (unpaired) electrons. The van der Waals surface area contributed by atoms with Gasteiger partial charge in [0.25, 0.3) is 0 Å². The van der Waals surface area contributed by atoms with Crippen LogP contribution in [0, 0.1) is 12.8 Å². The number of aryl methyl sites for hydroxylation is 1. The predicted octanol–water partition coefficient (Wildman–Crippen LogP) is 3.35. The van der Waals surface area contributed by atoms with Crippen LogP contribution >= 0.6 is 11.3 Å². The second kappa shape index (κ2) is 8.80. The number of hydrogen-bond donors (Lipinski definition) is 2. The molecule has 1 aromatic carbocycles. The lowest BCUT2D eigenvalue weighted by atomic mass is 9.91. The molecule has 26 heavy (non-hydrogen) atoms. The van der Waals surface area contributed by atoms with Crippen molar-refractivity contribution in [3.63, 3.8) is 0 Å². The molecule has 5 heteroatoms. The second-order valence-electron chi connectivity index (χ2n) is 7.27. The van der Waals surface area contributed by atoms with Crippen molar-refractivity contribution < 1.29 is 9.90 Å². The lowest BCUT2D eigenvalue weighted by Crippen LogP contribution is -2.50. The summed E-state index contributed by atoms with van der Waals surface area (Å²) in [7, 11) is 0. The van der Waals surface area contributed by atoms with Gasteiger partial charge >= 0.3 is 0 Å². The van der Waals surface area contributed by atoms with Crippen molar-refractivity contribution in [3.05, 3.63) is 57.8 Å². The number of aliphatic hydroxyl groups excluding tert-OH is 1. The maximum absolute atomic E-state index is 12.8. The molecule has 1 amide bonds. The molecule has 1 fully saturated rings. The van der Waals surface area contributed by atoms with E-state index in [0.717, 1.165) is 29.8 Å². The van der Waals surface area contributed by atoms with E-state index in [1.165, 1.54) is 5.56 Å². The van der Waals surface area contributed by atoms with Gasteiger partial charge in [-0.25, -0.2) is 0 Å². The maximum atomic E-state index is 12.8. The Bertz CT molecular complexity index is 699. The third-order valence-electron chi connectivity index (χ3n) is 5.31. The summed E-state index contributed by atoms with van der Waals surface area (Å²) in [4.78, 5) is 16.1. The van der Waals surface area contributed by atoms with Crippen molar-refractivity contribution in [2.75, 3.05) is 19.7 Å². The van der Waals surface area contributed by atoms with Crippen molar-refractivity contribution >= 4 is 17.2 Å². The lowest BCUT2D eigenvalue weighted by molar-refractivity contribution is -0.124. The second-order valence-corrected chi connectivity index (χ2v) is 8.25. The first kappa shape index (κ1) is 19.1. The van der Waals surface area contributed by atoms with E-state index in [2.05, 4.69) is 54.4 Å². The van der Waals surface area contributed by atoms with E-state index >= 15 is 0 Å². The van der Waals surface area contributed by atoms with Gasteiger partial charge in [0.15, 0.2) is 0 Å². The van der Waals surface area contributed by atoms with Gasteiger partial charge in [-0.15, -0.1) is 11.3 Å². The quantitative estimate of drug-likeness (QED) is 0.818. The van der Waals surface area contributed by atoms with Crippen LogP contribution in [0.1, 0.15) is 41.8 Å². The van der Waals surface area contributed by atoms with Gasteiger partial charge < -0.3 is 10.4 Å². The number of aliphatic hydroxyl groups is 1. The van der Waals surface area contributed by atoms with Crippen molar-refractivity contribution in [2.24, 2.45) is 5.92 Å². The van der Waals surface area contributed by atoms with Crippen LogP contribution in [0.4, 0.5) is 0 Å². The van der Waals surface area contributed by atoms with Gasteiger partial charge in [0, 0.05) is 10.9 Å². The Balaban J connectivity index is 1.72. The van der Waals surface area contributed by atoms with Gasteiger partial charge in [-0.3, -0.25) is 9.69 Å². The normalized spacial score (nSPS) is 22.1. The van der Waals surface area contributed by atoms with Crippen molar-refractivity contribution in [2.45, 2.75) is 38.8 Å².